The molecule has 3 rings (SSSR count). The molecule has 2 aromatic carbocycles. The van der Waals surface area contributed by atoms with Gasteiger partial charge in [-0.15, -0.1) is 5.10 Å². The number of aromatic amines is 1. The molecule has 0 aliphatic carbocycles. The van der Waals surface area contributed by atoms with Crippen LogP contribution in [0.1, 0.15) is 22.3 Å². The van der Waals surface area contributed by atoms with Crippen molar-refractivity contribution in [1.82, 2.24) is 15.2 Å². The first-order valence-corrected chi connectivity index (χ1v) is 8.59. The molecule has 142 valence electrons. The SMILES string of the molecule is Cc1cc(/C=C/C#N)cc(C)c1Oc1n[nH]c(=O)c(Nc2ccc(C#N)cc2)n1. The average Bonchev–Trinajstić information content (AvgIpc) is 2.72. The molecule has 0 saturated carbocycles. The van der Waals surface area contributed by atoms with E-state index < -0.39 is 5.56 Å². The fourth-order valence-electron chi connectivity index (χ4n) is 2.68. The van der Waals surface area contributed by atoms with Crippen LogP contribution in [0.4, 0.5) is 11.5 Å². The summed E-state index contributed by atoms with van der Waals surface area (Å²) in [4.78, 5) is 16.2. The highest BCUT2D eigenvalue weighted by atomic mass is 16.5. The molecule has 1 heterocycles. The monoisotopic (exact) mass is 384 g/mol. The van der Waals surface area contributed by atoms with Crippen LogP contribution >= 0.6 is 0 Å². The van der Waals surface area contributed by atoms with Crippen LogP contribution in [0.2, 0.25) is 0 Å². The molecule has 29 heavy (non-hydrogen) atoms. The standard InChI is InChI=1S/C21H16N6O2/c1-13-10-16(4-3-9-22)11-14(2)18(13)29-21-25-19(20(28)26-27-21)24-17-7-5-15(12-23)6-8-17/h3-8,10-11H,1-2H3,(H,26,28)(H,24,25,27)/b4-3+. The van der Waals surface area contributed by atoms with Crippen LogP contribution in [0.15, 0.2) is 47.3 Å². The van der Waals surface area contributed by atoms with E-state index in [0.29, 0.717) is 17.0 Å². The predicted molar refractivity (Wildman–Crippen MR) is 108 cm³/mol. The molecule has 0 atom stereocenters. The molecule has 8 heteroatoms. The molecule has 0 amide bonds. The smallest absolute Gasteiger partial charge is 0.341 e. The van der Waals surface area contributed by atoms with Gasteiger partial charge >= 0.3 is 11.6 Å². The Balaban J connectivity index is 1.86. The van der Waals surface area contributed by atoms with E-state index in [1.54, 1.807) is 30.3 Å². The van der Waals surface area contributed by atoms with Crippen molar-refractivity contribution >= 4 is 17.6 Å². The van der Waals surface area contributed by atoms with Crippen molar-refractivity contribution in [2.45, 2.75) is 13.8 Å². The number of nitriles is 2. The van der Waals surface area contributed by atoms with Gasteiger partial charge in [0.25, 0.3) is 0 Å². The quantitative estimate of drug-likeness (QED) is 0.642. The van der Waals surface area contributed by atoms with Crippen molar-refractivity contribution < 1.29 is 4.74 Å². The van der Waals surface area contributed by atoms with Crippen molar-refractivity contribution in [2.24, 2.45) is 0 Å². The van der Waals surface area contributed by atoms with Crippen LogP contribution in [-0.2, 0) is 0 Å². The number of ether oxygens (including phenoxy) is 1. The lowest BCUT2D eigenvalue weighted by molar-refractivity contribution is 0.427. The Morgan fingerprint density at radius 1 is 1.14 bits per heavy atom. The molecule has 2 N–H and O–H groups in total. The third kappa shape index (κ3) is 4.65. The third-order valence-electron chi connectivity index (χ3n) is 3.98. The summed E-state index contributed by atoms with van der Waals surface area (Å²) in [6, 6.07) is 14.3. The van der Waals surface area contributed by atoms with Gasteiger partial charge in [-0.3, -0.25) is 4.79 Å². The third-order valence-corrected chi connectivity index (χ3v) is 3.98. The van der Waals surface area contributed by atoms with Crippen molar-refractivity contribution in [3.05, 3.63) is 75.1 Å². The van der Waals surface area contributed by atoms with Crippen LogP contribution in [0.25, 0.3) is 6.08 Å². The number of allylic oxidation sites excluding steroid dienone is 1. The first-order chi connectivity index (χ1) is 14.0. The van der Waals surface area contributed by atoms with Gasteiger partial charge in [-0.05, 0) is 73.0 Å². The Kier molecular flexibility index (Phi) is 5.67. The van der Waals surface area contributed by atoms with Crippen LogP contribution in [0.3, 0.4) is 0 Å². The number of H-pyrrole nitrogens is 1. The largest absolute Gasteiger partial charge is 0.423 e. The van der Waals surface area contributed by atoms with E-state index in [4.69, 9.17) is 15.3 Å². The normalized spacial score (nSPS) is 10.3. The summed E-state index contributed by atoms with van der Waals surface area (Å²) in [5.74, 6) is 0.582. The van der Waals surface area contributed by atoms with Gasteiger partial charge in [0.2, 0.25) is 5.82 Å². The first-order valence-electron chi connectivity index (χ1n) is 8.59. The second-order valence-electron chi connectivity index (χ2n) is 6.16. The Labute approximate surface area is 166 Å². The zero-order valence-electron chi connectivity index (χ0n) is 15.7. The van der Waals surface area contributed by atoms with Crippen molar-refractivity contribution in [2.75, 3.05) is 5.32 Å². The zero-order chi connectivity index (χ0) is 20.8. The van der Waals surface area contributed by atoms with E-state index in [0.717, 1.165) is 16.7 Å². The lowest BCUT2D eigenvalue weighted by Crippen LogP contribution is -2.16. The van der Waals surface area contributed by atoms with Crippen LogP contribution in [-0.4, -0.2) is 15.2 Å². The number of aryl methyl sites for hydroxylation is 2. The number of hydrogen-bond acceptors (Lipinski definition) is 7. The highest BCUT2D eigenvalue weighted by Crippen LogP contribution is 2.28. The summed E-state index contributed by atoms with van der Waals surface area (Å²) in [6.45, 7) is 3.74. The minimum atomic E-state index is -0.507. The minimum absolute atomic E-state index is 0.0172. The molecule has 0 spiro atoms. The Morgan fingerprint density at radius 3 is 2.45 bits per heavy atom. The second-order valence-corrected chi connectivity index (χ2v) is 6.16. The van der Waals surface area contributed by atoms with Crippen molar-refractivity contribution in [1.29, 1.82) is 10.5 Å². The molecule has 8 nitrogen and oxygen atoms in total. The molecule has 0 radical (unpaired) electrons. The molecule has 3 aromatic rings. The Bertz CT molecular complexity index is 1190. The van der Waals surface area contributed by atoms with Crippen LogP contribution < -0.4 is 15.6 Å². The van der Waals surface area contributed by atoms with E-state index in [9.17, 15) is 4.79 Å². The van der Waals surface area contributed by atoms with Gasteiger partial charge < -0.3 is 10.1 Å². The summed E-state index contributed by atoms with van der Waals surface area (Å²) >= 11 is 0. The number of nitrogens with zero attached hydrogens (tertiary/aromatic N) is 4. The van der Waals surface area contributed by atoms with E-state index in [-0.39, 0.29) is 11.8 Å². The Hall–Kier alpha value is -4.43. The molecule has 0 fully saturated rings. The van der Waals surface area contributed by atoms with E-state index in [2.05, 4.69) is 20.5 Å². The van der Waals surface area contributed by atoms with E-state index >= 15 is 0 Å². The maximum absolute atomic E-state index is 12.0. The molecule has 1 aromatic heterocycles. The molecule has 0 aliphatic heterocycles. The summed E-state index contributed by atoms with van der Waals surface area (Å²) in [6.07, 6.45) is 3.11. The highest BCUT2D eigenvalue weighted by Gasteiger charge is 2.12. The summed E-state index contributed by atoms with van der Waals surface area (Å²) in [5.41, 5.74) is 3.14. The number of anilines is 2. The number of benzene rings is 2. The van der Waals surface area contributed by atoms with Gasteiger partial charge in [0.15, 0.2) is 0 Å². The molecular weight excluding hydrogens is 368 g/mol. The molecule has 0 bridgehead atoms. The fraction of sp³-hybridized carbons (Fsp3) is 0.0952. The number of aromatic nitrogens is 3. The highest BCUT2D eigenvalue weighted by molar-refractivity contribution is 5.58. The maximum Gasteiger partial charge on any atom is 0.341 e. The van der Waals surface area contributed by atoms with Crippen molar-refractivity contribution in [3.63, 3.8) is 0 Å². The fourth-order valence-corrected chi connectivity index (χ4v) is 2.68. The lowest BCUT2D eigenvalue weighted by Gasteiger charge is -2.12. The lowest BCUT2D eigenvalue weighted by atomic mass is 10.1. The number of hydrogen-bond donors (Lipinski definition) is 2. The molecule has 0 saturated heterocycles. The van der Waals surface area contributed by atoms with Gasteiger partial charge in [-0.1, -0.05) is 0 Å². The first kappa shape index (κ1) is 19.3. The maximum atomic E-state index is 12.0. The summed E-state index contributed by atoms with van der Waals surface area (Å²) in [5, 5.41) is 26.6. The average molecular weight is 384 g/mol. The second kappa shape index (κ2) is 8.51. The van der Waals surface area contributed by atoms with E-state index in [1.807, 2.05) is 38.1 Å². The predicted octanol–water partition coefficient (Wildman–Crippen LogP) is 3.73. The molecular formula is C21H16N6O2. The Morgan fingerprint density at radius 2 is 1.83 bits per heavy atom. The van der Waals surface area contributed by atoms with Gasteiger partial charge in [-0.2, -0.15) is 15.5 Å². The van der Waals surface area contributed by atoms with Crippen LogP contribution in [0.5, 0.6) is 11.8 Å². The number of nitrogens with one attached hydrogen (secondary N) is 2. The molecule has 0 unspecified atom stereocenters. The zero-order valence-corrected chi connectivity index (χ0v) is 15.7. The van der Waals surface area contributed by atoms with Gasteiger partial charge in [-0.25, -0.2) is 5.10 Å². The van der Waals surface area contributed by atoms with E-state index in [1.165, 1.54) is 6.08 Å². The molecule has 0 aliphatic rings. The van der Waals surface area contributed by atoms with Gasteiger partial charge in [0, 0.05) is 11.8 Å². The van der Waals surface area contributed by atoms with Gasteiger partial charge in [0.05, 0.1) is 17.7 Å². The topological polar surface area (TPSA) is 127 Å². The minimum Gasteiger partial charge on any atom is -0.423 e. The number of rotatable bonds is 5. The summed E-state index contributed by atoms with van der Waals surface area (Å²) < 4.78 is 5.80. The van der Waals surface area contributed by atoms with Crippen molar-refractivity contribution in [3.8, 4) is 23.9 Å². The summed E-state index contributed by atoms with van der Waals surface area (Å²) in [7, 11) is 0. The van der Waals surface area contributed by atoms with Gasteiger partial charge in [0.1, 0.15) is 5.75 Å². The van der Waals surface area contributed by atoms with Crippen LogP contribution in [0, 0.1) is 36.5 Å².